The lowest BCUT2D eigenvalue weighted by molar-refractivity contribution is -0.136. The van der Waals surface area contributed by atoms with Gasteiger partial charge in [-0.05, 0) is 13.3 Å². The summed E-state index contributed by atoms with van der Waals surface area (Å²) in [7, 11) is 0. The van der Waals surface area contributed by atoms with Crippen molar-refractivity contribution in [3.63, 3.8) is 0 Å². The van der Waals surface area contributed by atoms with Crippen LogP contribution in [0.4, 0.5) is 4.79 Å². The summed E-state index contributed by atoms with van der Waals surface area (Å²) in [6.45, 7) is 4.01. The van der Waals surface area contributed by atoms with E-state index >= 15 is 0 Å². The highest BCUT2D eigenvalue weighted by molar-refractivity contribution is 5.75. The van der Waals surface area contributed by atoms with Crippen LogP contribution in [0.1, 0.15) is 26.7 Å². The van der Waals surface area contributed by atoms with Crippen LogP contribution >= 0.6 is 0 Å². The molecule has 0 saturated carbocycles. The van der Waals surface area contributed by atoms with Crippen LogP contribution in [0.25, 0.3) is 0 Å². The quantitative estimate of drug-likeness (QED) is 0.589. The zero-order chi connectivity index (χ0) is 10.3. The molecule has 0 fully saturated rings. The number of rotatable bonds is 5. The molecule has 0 saturated heterocycles. The highest BCUT2D eigenvalue weighted by Crippen LogP contribution is 1.86. The molecule has 76 valence electrons. The van der Waals surface area contributed by atoms with Crippen LogP contribution in [0, 0.1) is 0 Å². The molecule has 2 amide bonds. The van der Waals surface area contributed by atoms with Gasteiger partial charge in [0.2, 0.25) is 0 Å². The van der Waals surface area contributed by atoms with Crippen LogP contribution < -0.4 is 10.6 Å². The van der Waals surface area contributed by atoms with Crippen LogP contribution in [0.3, 0.4) is 0 Å². The molecule has 0 aromatic rings. The standard InChI is InChI=1S/C8H16N2O3/c1-3-6(2)10-8(13)9-5-4-7(11)12/h6H,3-5H2,1-2H3,(H,11,12)(H2,9,10,13). The number of nitrogens with one attached hydrogen (secondary N) is 2. The topological polar surface area (TPSA) is 78.4 Å². The zero-order valence-electron chi connectivity index (χ0n) is 7.96. The van der Waals surface area contributed by atoms with Gasteiger partial charge >= 0.3 is 12.0 Å². The van der Waals surface area contributed by atoms with Gasteiger partial charge in [0.25, 0.3) is 0 Å². The zero-order valence-corrected chi connectivity index (χ0v) is 7.96. The van der Waals surface area contributed by atoms with E-state index < -0.39 is 5.97 Å². The molecule has 0 aromatic carbocycles. The number of carboxylic acid groups (broad SMARTS) is 1. The molecule has 0 rings (SSSR count). The van der Waals surface area contributed by atoms with E-state index in [-0.39, 0.29) is 25.0 Å². The first-order valence-electron chi connectivity index (χ1n) is 4.32. The number of hydrogen-bond acceptors (Lipinski definition) is 2. The minimum absolute atomic E-state index is 0.0477. The van der Waals surface area contributed by atoms with Gasteiger partial charge in [-0.1, -0.05) is 6.92 Å². The number of carbonyl (C=O) groups is 2. The molecule has 3 N–H and O–H groups in total. The van der Waals surface area contributed by atoms with Gasteiger partial charge in [-0.15, -0.1) is 0 Å². The number of amides is 2. The van der Waals surface area contributed by atoms with E-state index in [0.717, 1.165) is 6.42 Å². The van der Waals surface area contributed by atoms with Gasteiger partial charge in [-0.3, -0.25) is 4.79 Å². The van der Waals surface area contributed by atoms with Gasteiger partial charge in [0.15, 0.2) is 0 Å². The van der Waals surface area contributed by atoms with Crippen LogP contribution in [0.15, 0.2) is 0 Å². The van der Waals surface area contributed by atoms with Crippen molar-refractivity contribution in [3.8, 4) is 0 Å². The maximum Gasteiger partial charge on any atom is 0.315 e. The Bertz CT molecular complexity index is 182. The Labute approximate surface area is 77.5 Å². The first-order chi connectivity index (χ1) is 6.06. The van der Waals surface area contributed by atoms with Crippen molar-refractivity contribution >= 4 is 12.0 Å². The average molecular weight is 188 g/mol. The molecule has 0 aliphatic carbocycles. The molecule has 1 atom stereocenters. The highest BCUT2D eigenvalue weighted by Gasteiger charge is 2.04. The van der Waals surface area contributed by atoms with Gasteiger partial charge in [0.1, 0.15) is 0 Å². The Morgan fingerprint density at radius 1 is 1.46 bits per heavy atom. The molecule has 5 heteroatoms. The highest BCUT2D eigenvalue weighted by atomic mass is 16.4. The smallest absolute Gasteiger partial charge is 0.315 e. The van der Waals surface area contributed by atoms with E-state index in [1.807, 2.05) is 13.8 Å². The maximum absolute atomic E-state index is 11.0. The van der Waals surface area contributed by atoms with Crippen LogP contribution in [0.2, 0.25) is 0 Å². The van der Waals surface area contributed by atoms with Gasteiger partial charge in [0, 0.05) is 12.6 Å². The summed E-state index contributed by atoms with van der Waals surface area (Å²) < 4.78 is 0. The van der Waals surface area contributed by atoms with E-state index in [4.69, 9.17) is 5.11 Å². The molecular weight excluding hydrogens is 172 g/mol. The summed E-state index contributed by atoms with van der Waals surface area (Å²) in [6.07, 6.45) is 0.806. The van der Waals surface area contributed by atoms with Crippen molar-refractivity contribution in [2.24, 2.45) is 0 Å². The van der Waals surface area contributed by atoms with Crippen LogP contribution in [-0.2, 0) is 4.79 Å². The second-order valence-electron chi connectivity index (χ2n) is 2.85. The second-order valence-corrected chi connectivity index (χ2v) is 2.85. The third-order valence-electron chi connectivity index (χ3n) is 1.61. The van der Waals surface area contributed by atoms with Crippen LogP contribution in [-0.4, -0.2) is 29.7 Å². The first-order valence-corrected chi connectivity index (χ1v) is 4.32. The summed E-state index contributed by atoms with van der Waals surface area (Å²) in [6, 6.07) is -0.194. The first kappa shape index (κ1) is 11.7. The fraction of sp³-hybridized carbons (Fsp3) is 0.750. The van der Waals surface area contributed by atoms with E-state index in [2.05, 4.69) is 10.6 Å². The Morgan fingerprint density at radius 2 is 2.08 bits per heavy atom. The predicted molar refractivity (Wildman–Crippen MR) is 48.5 cm³/mol. The Balaban J connectivity index is 3.46. The van der Waals surface area contributed by atoms with Crippen molar-refractivity contribution < 1.29 is 14.7 Å². The number of aliphatic carboxylic acids is 1. The monoisotopic (exact) mass is 188 g/mol. The molecule has 0 bridgehead atoms. The van der Waals surface area contributed by atoms with E-state index in [1.165, 1.54) is 0 Å². The lowest BCUT2D eigenvalue weighted by Gasteiger charge is -2.11. The number of urea groups is 1. The van der Waals surface area contributed by atoms with Gasteiger partial charge in [0.05, 0.1) is 6.42 Å². The normalized spacial score (nSPS) is 11.8. The molecule has 0 spiro atoms. The van der Waals surface area contributed by atoms with Gasteiger partial charge in [-0.25, -0.2) is 4.79 Å². The largest absolute Gasteiger partial charge is 0.481 e. The Hall–Kier alpha value is -1.26. The van der Waals surface area contributed by atoms with E-state index in [1.54, 1.807) is 0 Å². The number of hydrogen-bond donors (Lipinski definition) is 3. The molecule has 5 nitrogen and oxygen atoms in total. The van der Waals surface area contributed by atoms with Crippen molar-refractivity contribution in [2.45, 2.75) is 32.7 Å². The molecule has 0 aliphatic rings. The third kappa shape index (κ3) is 7.11. The van der Waals surface area contributed by atoms with Crippen LogP contribution in [0.5, 0.6) is 0 Å². The van der Waals surface area contributed by atoms with Crippen molar-refractivity contribution in [2.75, 3.05) is 6.54 Å². The maximum atomic E-state index is 11.0. The summed E-state index contributed by atoms with van der Waals surface area (Å²) in [5.74, 6) is -0.913. The Morgan fingerprint density at radius 3 is 2.54 bits per heavy atom. The summed E-state index contributed by atoms with van der Waals surface area (Å²) in [4.78, 5) is 21.1. The second kappa shape index (κ2) is 6.28. The predicted octanol–water partition coefficient (Wildman–Crippen LogP) is 0.559. The fourth-order valence-corrected chi connectivity index (χ4v) is 0.660. The molecule has 13 heavy (non-hydrogen) atoms. The summed E-state index contributed by atoms with van der Waals surface area (Å²) in [5, 5.41) is 13.4. The van der Waals surface area contributed by atoms with E-state index in [0.29, 0.717) is 0 Å². The lowest BCUT2D eigenvalue weighted by Crippen LogP contribution is -2.41. The SMILES string of the molecule is CCC(C)NC(=O)NCCC(=O)O. The third-order valence-corrected chi connectivity index (χ3v) is 1.61. The molecular formula is C8H16N2O3. The van der Waals surface area contributed by atoms with Crippen molar-refractivity contribution in [1.29, 1.82) is 0 Å². The Kier molecular flexibility index (Phi) is 5.67. The number of carboxylic acids is 1. The van der Waals surface area contributed by atoms with E-state index in [9.17, 15) is 9.59 Å². The molecule has 0 radical (unpaired) electrons. The van der Waals surface area contributed by atoms with Gasteiger partial charge in [-0.2, -0.15) is 0 Å². The molecule has 1 unspecified atom stereocenters. The molecule has 0 heterocycles. The molecule has 0 aliphatic heterocycles. The minimum Gasteiger partial charge on any atom is -0.481 e. The molecule has 0 aromatic heterocycles. The van der Waals surface area contributed by atoms with Gasteiger partial charge < -0.3 is 15.7 Å². The lowest BCUT2D eigenvalue weighted by atomic mass is 10.3. The minimum atomic E-state index is -0.913. The fourth-order valence-electron chi connectivity index (χ4n) is 0.660. The average Bonchev–Trinajstić information content (AvgIpc) is 2.03. The summed E-state index contributed by atoms with van der Waals surface area (Å²) in [5.41, 5.74) is 0. The van der Waals surface area contributed by atoms with Crippen molar-refractivity contribution in [3.05, 3.63) is 0 Å². The summed E-state index contributed by atoms with van der Waals surface area (Å²) >= 11 is 0. The van der Waals surface area contributed by atoms with Crippen molar-refractivity contribution in [1.82, 2.24) is 10.6 Å². The number of carbonyl (C=O) groups excluding carboxylic acids is 1.